The number of halogens is 1. The fraction of sp³-hybridized carbons (Fsp3) is 0.909. The van der Waals surface area contributed by atoms with E-state index in [9.17, 15) is 0 Å². The number of nitrogens with zero attached hydrogens (tertiary/aromatic N) is 1. The molecule has 0 aliphatic rings. The van der Waals surface area contributed by atoms with Crippen molar-refractivity contribution in [2.75, 3.05) is 20.3 Å². The van der Waals surface area contributed by atoms with Gasteiger partial charge in [0.2, 0.25) is 0 Å². The highest BCUT2D eigenvalue weighted by Crippen LogP contribution is 1.98. The molecule has 0 saturated heterocycles. The van der Waals surface area contributed by atoms with Gasteiger partial charge < -0.3 is 15.8 Å². The lowest BCUT2D eigenvalue weighted by molar-refractivity contribution is 0.179. The first kappa shape index (κ1) is 18.3. The lowest BCUT2D eigenvalue weighted by Crippen LogP contribution is -2.40. The molecule has 0 amide bonds. The van der Waals surface area contributed by atoms with E-state index in [1.807, 2.05) is 6.92 Å². The molecular weight excluding hydrogens is 317 g/mol. The lowest BCUT2D eigenvalue weighted by Gasteiger charge is -2.12. The first-order chi connectivity index (χ1) is 7.20. The summed E-state index contributed by atoms with van der Waals surface area (Å²) in [6.07, 6.45) is 4.89. The molecule has 0 aromatic carbocycles. The van der Waals surface area contributed by atoms with Crippen molar-refractivity contribution in [3.05, 3.63) is 0 Å². The fourth-order valence-electron chi connectivity index (χ4n) is 1.33. The van der Waals surface area contributed by atoms with Crippen LogP contribution in [0.5, 0.6) is 0 Å². The van der Waals surface area contributed by atoms with Crippen molar-refractivity contribution >= 4 is 29.9 Å². The Morgan fingerprint density at radius 1 is 1.38 bits per heavy atom. The van der Waals surface area contributed by atoms with Crippen molar-refractivity contribution in [2.24, 2.45) is 10.7 Å². The van der Waals surface area contributed by atoms with Crippen LogP contribution in [0.2, 0.25) is 0 Å². The van der Waals surface area contributed by atoms with Gasteiger partial charge >= 0.3 is 0 Å². The summed E-state index contributed by atoms with van der Waals surface area (Å²) in [6, 6.07) is 0.217. The van der Waals surface area contributed by atoms with Crippen LogP contribution in [0.3, 0.4) is 0 Å². The predicted molar refractivity (Wildman–Crippen MR) is 80.5 cm³/mol. The molecule has 0 aromatic heterocycles. The summed E-state index contributed by atoms with van der Waals surface area (Å²) in [5.41, 5.74) is 5.70. The maximum atomic E-state index is 5.70. The second-order valence-corrected chi connectivity index (χ2v) is 3.83. The maximum Gasteiger partial charge on any atom is 0.188 e. The van der Waals surface area contributed by atoms with E-state index < -0.39 is 0 Å². The molecule has 4 nitrogen and oxygen atoms in total. The zero-order valence-electron chi connectivity index (χ0n) is 10.7. The number of nitrogens with one attached hydrogen (secondary N) is 1. The van der Waals surface area contributed by atoms with Gasteiger partial charge in [-0.15, -0.1) is 24.0 Å². The van der Waals surface area contributed by atoms with Gasteiger partial charge in [0.25, 0.3) is 0 Å². The third-order valence-corrected chi connectivity index (χ3v) is 2.10. The normalized spacial score (nSPS) is 13.1. The fourth-order valence-corrected chi connectivity index (χ4v) is 1.33. The monoisotopic (exact) mass is 343 g/mol. The Hall–Kier alpha value is -0.0400. The number of hydrogen-bond acceptors (Lipinski definition) is 2. The first-order valence-corrected chi connectivity index (χ1v) is 5.76. The highest BCUT2D eigenvalue weighted by atomic mass is 127. The second-order valence-electron chi connectivity index (χ2n) is 3.83. The highest BCUT2D eigenvalue weighted by molar-refractivity contribution is 14.0. The molecule has 0 spiro atoms. The highest BCUT2D eigenvalue weighted by Gasteiger charge is 2.00. The Bertz CT molecular complexity index is 177. The first-order valence-electron chi connectivity index (χ1n) is 5.76. The van der Waals surface area contributed by atoms with Crippen LogP contribution in [0.15, 0.2) is 4.99 Å². The van der Waals surface area contributed by atoms with E-state index in [2.05, 4.69) is 17.2 Å². The average molecular weight is 343 g/mol. The van der Waals surface area contributed by atoms with E-state index >= 15 is 0 Å². The van der Waals surface area contributed by atoms with E-state index in [1.54, 1.807) is 7.11 Å². The smallest absolute Gasteiger partial charge is 0.188 e. The van der Waals surface area contributed by atoms with Crippen molar-refractivity contribution < 1.29 is 4.74 Å². The van der Waals surface area contributed by atoms with Crippen LogP contribution in [0.4, 0.5) is 0 Å². The minimum atomic E-state index is 0. The SMILES string of the molecule is CCCCCCN=C(N)NC(C)COC.I. The zero-order chi connectivity index (χ0) is 11.5. The summed E-state index contributed by atoms with van der Waals surface area (Å²) in [6.45, 7) is 5.68. The van der Waals surface area contributed by atoms with Crippen LogP contribution < -0.4 is 11.1 Å². The van der Waals surface area contributed by atoms with Gasteiger partial charge in [-0.05, 0) is 13.3 Å². The molecule has 0 heterocycles. The number of nitrogens with two attached hydrogens (primary N) is 1. The minimum absolute atomic E-state index is 0. The molecule has 0 aliphatic carbocycles. The van der Waals surface area contributed by atoms with E-state index in [0.717, 1.165) is 13.0 Å². The van der Waals surface area contributed by atoms with Gasteiger partial charge in [-0.3, -0.25) is 4.99 Å². The topological polar surface area (TPSA) is 59.6 Å². The quantitative estimate of drug-likeness (QED) is 0.307. The number of methoxy groups -OCH3 is 1. The molecule has 16 heavy (non-hydrogen) atoms. The number of ether oxygens (including phenoxy) is 1. The van der Waals surface area contributed by atoms with Crippen molar-refractivity contribution in [3.8, 4) is 0 Å². The van der Waals surface area contributed by atoms with Gasteiger partial charge in [0.1, 0.15) is 0 Å². The van der Waals surface area contributed by atoms with Gasteiger partial charge in [0, 0.05) is 19.7 Å². The van der Waals surface area contributed by atoms with Crippen LogP contribution in [0.25, 0.3) is 0 Å². The molecule has 0 rings (SSSR count). The third kappa shape index (κ3) is 12.0. The van der Waals surface area contributed by atoms with E-state index in [0.29, 0.717) is 12.6 Å². The summed E-state index contributed by atoms with van der Waals surface area (Å²) in [5.74, 6) is 0.524. The average Bonchev–Trinajstić information content (AvgIpc) is 2.17. The molecular formula is C11H26IN3O. The van der Waals surface area contributed by atoms with Crippen LogP contribution in [0, 0.1) is 0 Å². The summed E-state index contributed by atoms with van der Waals surface area (Å²) >= 11 is 0. The standard InChI is InChI=1S/C11H25N3O.HI/c1-4-5-6-7-8-13-11(12)14-10(2)9-15-3;/h10H,4-9H2,1-3H3,(H3,12,13,14);1H. The van der Waals surface area contributed by atoms with Gasteiger partial charge in [-0.1, -0.05) is 26.2 Å². The Morgan fingerprint density at radius 2 is 2.06 bits per heavy atom. The van der Waals surface area contributed by atoms with Crippen molar-refractivity contribution in [1.82, 2.24) is 5.32 Å². The molecule has 5 heteroatoms. The largest absolute Gasteiger partial charge is 0.383 e. The molecule has 0 saturated carbocycles. The summed E-state index contributed by atoms with van der Waals surface area (Å²) < 4.78 is 4.99. The number of rotatable bonds is 8. The molecule has 0 radical (unpaired) electrons. The van der Waals surface area contributed by atoms with E-state index in [1.165, 1.54) is 19.3 Å². The van der Waals surface area contributed by atoms with Crippen molar-refractivity contribution in [1.29, 1.82) is 0 Å². The van der Waals surface area contributed by atoms with E-state index in [-0.39, 0.29) is 30.0 Å². The van der Waals surface area contributed by atoms with Gasteiger partial charge in [-0.2, -0.15) is 0 Å². The second kappa shape index (κ2) is 13.0. The van der Waals surface area contributed by atoms with Crippen molar-refractivity contribution in [2.45, 2.75) is 45.6 Å². The molecule has 3 N–H and O–H groups in total. The Balaban J connectivity index is 0. The summed E-state index contributed by atoms with van der Waals surface area (Å²) in [4.78, 5) is 4.25. The lowest BCUT2D eigenvalue weighted by atomic mass is 10.2. The van der Waals surface area contributed by atoms with Gasteiger partial charge in [0.15, 0.2) is 5.96 Å². The maximum absolute atomic E-state index is 5.70. The van der Waals surface area contributed by atoms with Gasteiger partial charge in [-0.25, -0.2) is 0 Å². The molecule has 1 atom stereocenters. The van der Waals surface area contributed by atoms with E-state index in [4.69, 9.17) is 10.5 Å². The number of aliphatic imine (C=N–C) groups is 1. The molecule has 0 bridgehead atoms. The van der Waals surface area contributed by atoms with Gasteiger partial charge in [0.05, 0.1) is 6.61 Å². The van der Waals surface area contributed by atoms with Crippen LogP contribution in [0.1, 0.15) is 39.5 Å². The molecule has 0 fully saturated rings. The molecule has 0 aromatic rings. The number of hydrogen-bond donors (Lipinski definition) is 2. The number of unbranched alkanes of at least 4 members (excludes halogenated alkanes) is 3. The Morgan fingerprint density at radius 3 is 2.62 bits per heavy atom. The molecule has 98 valence electrons. The minimum Gasteiger partial charge on any atom is -0.383 e. The summed E-state index contributed by atoms with van der Waals surface area (Å²) in [5, 5.41) is 3.07. The van der Waals surface area contributed by atoms with Crippen LogP contribution in [-0.2, 0) is 4.74 Å². The third-order valence-electron chi connectivity index (χ3n) is 2.10. The van der Waals surface area contributed by atoms with Crippen LogP contribution in [-0.4, -0.2) is 32.3 Å². The zero-order valence-corrected chi connectivity index (χ0v) is 13.0. The molecule has 1 unspecified atom stereocenters. The van der Waals surface area contributed by atoms with Crippen molar-refractivity contribution in [3.63, 3.8) is 0 Å². The predicted octanol–water partition coefficient (Wildman–Crippen LogP) is 2.12. The Labute approximate surface area is 116 Å². The summed E-state index contributed by atoms with van der Waals surface area (Å²) in [7, 11) is 1.68. The number of guanidine groups is 1. The molecule has 0 aliphatic heterocycles. The Kier molecular flexibility index (Phi) is 14.9. The van der Waals surface area contributed by atoms with Crippen LogP contribution >= 0.6 is 24.0 Å².